The molecule has 3 aromatic heterocycles. The van der Waals surface area contributed by atoms with E-state index in [-0.39, 0.29) is 28.7 Å². The van der Waals surface area contributed by atoms with Gasteiger partial charge in [0.05, 0.1) is 16.8 Å². The van der Waals surface area contributed by atoms with Gasteiger partial charge >= 0.3 is 6.18 Å². The quantitative estimate of drug-likeness (QED) is 0.258. The third kappa shape index (κ3) is 6.54. The van der Waals surface area contributed by atoms with Crippen molar-refractivity contribution in [2.75, 3.05) is 30.8 Å². The molecule has 1 amide bonds. The summed E-state index contributed by atoms with van der Waals surface area (Å²) in [5.74, 6) is -0.527. The maximum absolute atomic E-state index is 14.7. The molecule has 39 heavy (non-hydrogen) atoms. The van der Waals surface area contributed by atoms with Gasteiger partial charge in [-0.05, 0) is 29.5 Å². The molecule has 9 nitrogen and oxygen atoms in total. The Kier molecular flexibility index (Phi) is 8.17. The van der Waals surface area contributed by atoms with Gasteiger partial charge < -0.3 is 16.0 Å². The fourth-order valence-corrected chi connectivity index (χ4v) is 4.03. The lowest BCUT2D eigenvalue weighted by molar-refractivity contribution is -0.115. The number of aromatic nitrogens is 5. The van der Waals surface area contributed by atoms with Crippen molar-refractivity contribution in [2.24, 2.45) is 5.92 Å². The number of carbonyl (C=O) groups excluding carboxylic acids is 1. The highest BCUT2D eigenvalue weighted by Gasteiger charge is 2.27. The third-order valence-corrected chi connectivity index (χ3v) is 6.36. The number of nitrogens with zero attached hydrogens (tertiary/aromatic N) is 5. The van der Waals surface area contributed by atoms with Gasteiger partial charge in [-0.15, -0.1) is 0 Å². The van der Waals surface area contributed by atoms with Gasteiger partial charge in [0.25, 0.3) is 5.91 Å². The van der Waals surface area contributed by atoms with Crippen LogP contribution in [-0.4, -0.2) is 57.1 Å². The van der Waals surface area contributed by atoms with Gasteiger partial charge in [0.2, 0.25) is 5.95 Å². The normalized spacial score (nSPS) is 13.1. The summed E-state index contributed by atoms with van der Waals surface area (Å²) >= 11 is 0. The van der Waals surface area contributed by atoms with E-state index >= 15 is 0 Å². The number of carbonyl (C=O) groups is 1. The number of nitrogens with one attached hydrogen (secondary N) is 3. The number of rotatable bonds is 9. The van der Waals surface area contributed by atoms with Gasteiger partial charge in [0, 0.05) is 49.2 Å². The predicted octanol–water partition coefficient (Wildman–Crippen LogP) is 4.81. The van der Waals surface area contributed by atoms with Gasteiger partial charge in [-0.25, -0.2) is 24.3 Å². The first kappa shape index (κ1) is 27.6. The second-order valence-corrected chi connectivity index (χ2v) is 9.00. The zero-order valence-corrected chi connectivity index (χ0v) is 21.3. The molecule has 0 aliphatic carbocycles. The second-order valence-electron chi connectivity index (χ2n) is 9.00. The Hall–Kier alpha value is -4.42. The van der Waals surface area contributed by atoms with Crippen molar-refractivity contribution in [3.63, 3.8) is 0 Å². The van der Waals surface area contributed by atoms with Crippen molar-refractivity contribution in [1.29, 1.82) is 0 Å². The van der Waals surface area contributed by atoms with Crippen molar-refractivity contribution in [1.82, 2.24) is 30.2 Å². The Morgan fingerprint density at radius 2 is 1.74 bits per heavy atom. The van der Waals surface area contributed by atoms with Crippen LogP contribution in [0.4, 0.5) is 29.3 Å². The average Bonchev–Trinajstić information content (AvgIpc) is 2.94. The highest BCUT2D eigenvalue weighted by Crippen LogP contribution is 2.32. The largest absolute Gasteiger partial charge is 0.405 e. The first-order valence-corrected chi connectivity index (χ1v) is 12.1. The minimum Gasteiger partial charge on any atom is -0.370 e. The molecule has 0 radical (unpaired) electrons. The fourth-order valence-electron chi connectivity index (χ4n) is 4.03. The van der Waals surface area contributed by atoms with Crippen LogP contribution in [0, 0.1) is 11.7 Å². The van der Waals surface area contributed by atoms with Crippen LogP contribution in [0.15, 0.2) is 49.2 Å². The van der Waals surface area contributed by atoms with Crippen LogP contribution >= 0.6 is 0 Å². The lowest BCUT2D eigenvalue weighted by Crippen LogP contribution is -2.22. The molecular formula is C26H26F4N8O. The van der Waals surface area contributed by atoms with Crippen LogP contribution in [0.25, 0.3) is 22.2 Å². The zero-order valence-electron chi connectivity index (χ0n) is 21.3. The molecule has 0 saturated heterocycles. The van der Waals surface area contributed by atoms with Crippen molar-refractivity contribution in [2.45, 2.75) is 25.9 Å². The number of hydrogen-bond donors (Lipinski definition) is 3. The van der Waals surface area contributed by atoms with Gasteiger partial charge in [0.1, 0.15) is 24.5 Å². The number of hydrogen-bond acceptors (Lipinski definition) is 8. The number of anilines is 2. The minimum absolute atomic E-state index is 0.0462. The van der Waals surface area contributed by atoms with E-state index in [9.17, 15) is 22.4 Å². The summed E-state index contributed by atoms with van der Waals surface area (Å²) in [5, 5.41) is 8.10. The maximum Gasteiger partial charge on any atom is 0.405 e. The zero-order chi connectivity index (χ0) is 28.2. The lowest BCUT2D eigenvalue weighted by atomic mass is 9.86. The number of halogens is 4. The Morgan fingerprint density at radius 1 is 1.00 bits per heavy atom. The Morgan fingerprint density at radius 3 is 2.44 bits per heavy atom. The topological polar surface area (TPSA) is 118 Å². The summed E-state index contributed by atoms with van der Waals surface area (Å²) in [5.41, 5.74) is 2.47. The second kappa shape index (κ2) is 11.5. The molecule has 3 N–H and O–H groups in total. The first-order valence-electron chi connectivity index (χ1n) is 12.1. The average molecular weight is 543 g/mol. The predicted molar refractivity (Wildman–Crippen MR) is 139 cm³/mol. The molecule has 0 aliphatic heterocycles. The maximum atomic E-state index is 14.7. The highest BCUT2D eigenvalue weighted by atomic mass is 19.4. The molecule has 0 spiro atoms. The third-order valence-electron chi connectivity index (χ3n) is 6.36. The van der Waals surface area contributed by atoms with E-state index in [1.165, 1.54) is 44.1 Å². The standard InChI is InChI=1S/C26H26F4N8O/c1-14(15(2)17-4-5-19(27)22-18(24(39)31-3)6-7-32-23(17)22)9-33-21-8-20(37-13-38-21)16-10-34-25(35-11-16)36-12-26(28,29)30/h4-8,10-11,13-15H,9,12H2,1-3H3,(H,31,39)(H,33,37,38)(H,34,35,36)/t14-,15?/m1/s1. The molecule has 0 bridgehead atoms. The number of fused-ring (bicyclic) bond motifs is 1. The van der Waals surface area contributed by atoms with Crippen molar-refractivity contribution in [3.05, 3.63) is 66.1 Å². The lowest BCUT2D eigenvalue weighted by Gasteiger charge is -2.22. The van der Waals surface area contributed by atoms with E-state index in [2.05, 4.69) is 40.9 Å². The van der Waals surface area contributed by atoms with Crippen LogP contribution in [0.1, 0.15) is 35.7 Å². The monoisotopic (exact) mass is 542 g/mol. The first-order chi connectivity index (χ1) is 18.6. The van der Waals surface area contributed by atoms with Gasteiger partial charge in [-0.3, -0.25) is 9.78 Å². The van der Waals surface area contributed by atoms with Gasteiger partial charge in [0.15, 0.2) is 0 Å². The highest BCUT2D eigenvalue weighted by molar-refractivity contribution is 6.06. The van der Waals surface area contributed by atoms with Crippen molar-refractivity contribution < 1.29 is 22.4 Å². The number of alkyl halides is 3. The van der Waals surface area contributed by atoms with Crippen LogP contribution < -0.4 is 16.0 Å². The molecule has 204 valence electrons. The SMILES string of the molecule is CNC(=O)c1ccnc2c(C(C)[C@H](C)CNc3cc(-c4cnc(NCC(F)(F)F)nc4)ncn3)ccc(F)c12. The Bertz CT molecular complexity index is 1460. The van der Waals surface area contributed by atoms with Gasteiger partial charge in [-0.2, -0.15) is 13.2 Å². The molecule has 2 atom stereocenters. The van der Waals surface area contributed by atoms with Gasteiger partial charge in [-0.1, -0.05) is 19.9 Å². The molecule has 0 fully saturated rings. The van der Waals surface area contributed by atoms with E-state index in [1.807, 2.05) is 13.8 Å². The van der Waals surface area contributed by atoms with Crippen molar-refractivity contribution >= 4 is 28.6 Å². The van der Waals surface area contributed by atoms with E-state index in [4.69, 9.17) is 0 Å². The molecule has 1 aromatic carbocycles. The van der Waals surface area contributed by atoms with Crippen LogP contribution in [0.5, 0.6) is 0 Å². The molecule has 3 heterocycles. The summed E-state index contributed by atoms with van der Waals surface area (Å²) < 4.78 is 51.9. The van der Waals surface area contributed by atoms with Crippen LogP contribution in [0.2, 0.25) is 0 Å². The Labute approximate surface area is 221 Å². The minimum atomic E-state index is -4.38. The molecule has 4 aromatic rings. The number of benzene rings is 1. The molecule has 13 heteroatoms. The molecule has 4 rings (SSSR count). The summed E-state index contributed by atoms with van der Waals surface area (Å²) in [6, 6.07) is 6.22. The summed E-state index contributed by atoms with van der Waals surface area (Å²) in [4.78, 5) is 32.9. The molecular weight excluding hydrogens is 516 g/mol. The van der Waals surface area contributed by atoms with Crippen LogP contribution in [0.3, 0.4) is 0 Å². The van der Waals surface area contributed by atoms with Crippen molar-refractivity contribution in [3.8, 4) is 11.3 Å². The van der Waals surface area contributed by atoms with E-state index in [1.54, 1.807) is 12.1 Å². The van der Waals surface area contributed by atoms with Crippen LogP contribution in [-0.2, 0) is 0 Å². The number of pyridine rings is 1. The molecule has 1 unspecified atom stereocenters. The molecule has 0 aliphatic rings. The van der Waals surface area contributed by atoms with E-state index < -0.39 is 24.4 Å². The summed E-state index contributed by atoms with van der Waals surface area (Å²) in [6.45, 7) is 3.30. The fraction of sp³-hybridized carbons (Fsp3) is 0.308. The van der Waals surface area contributed by atoms with E-state index in [0.717, 1.165) is 5.56 Å². The Balaban J connectivity index is 1.46. The summed E-state index contributed by atoms with van der Waals surface area (Å²) in [6.07, 6.45) is 1.24. The molecule has 0 saturated carbocycles. The van der Waals surface area contributed by atoms with E-state index in [0.29, 0.717) is 29.1 Å². The summed E-state index contributed by atoms with van der Waals surface area (Å²) in [7, 11) is 1.49. The smallest absolute Gasteiger partial charge is 0.370 e. The number of amides is 1.